The van der Waals surface area contributed by atoms with Crippen molar-refractivity contribution in [2.45, 2.75) is 0 Å². The molecule has 1 rings (SSSR count). The Balaban J connectivity index is 2.26. The molecule has 0 bridgehead atoms. The third kappa shape index (κ3) is 4.51. The van der Waals surface area contributed by atoms with Gasteiger partial charge in [-0.2, -0.15) is 0 Å². The van der Waals surface area contributed by atoms with E-state index in [1.807, 2.05) is 0 Å². The van der Waals surface area contributed by atoms with Crippen LogP contribution in [0, 0.1) is 0 Å². The van der Waals surface area contributed by atoms with Crippen molar-refractivity contribution in [3.8, 4) is 5.75 Å². The lowest BCUT2D eigenvalue weighted by molar-refractivity contribution is -0.138. The SMILES string of the molecule is C=CC(=O)OCCOc1cccc(Cl)c1. The van der Waals surface area contributed by atoms with Crippen molar-refractivity contribution >= 4 is 17.6 Å². The first-order valence-electron chi connectivity index (χ1n) is 4.40. The predicted octanol–water partition coefficient (Wildman–Crippen LogP) is 2.45. The van der Waals surface area contributed by atoms with Crippen LogP contribution in [0.25, 0.3) is 0 Å². The molecule has 0 atom stereocenters. The van der Waals surface area contributed by atoms with E-state index in [9.17, 15) is 4.79 Å². The van der Waals surface area contributed by atoms with Gasteiger partial charge in [0.05, 0.1) is 0 Å². The van der Waals surface area contributed by atoms with E-state index >= 15 is 0 Å². The standard InChI is InChI=1S/C11H11ClO3/c1-2-11(13)15-7-6-14-10-5-3-4-9(12)8-10/h2-5,8H,1,6-7H2. The summed E-state index contributed by atoms with van der Waals surface area (Å²) in [6.07, 6.45) is 1.11. The van der Waals surface area contributed by atoms with E-state index in [1.54, 1.807) is 24.3 Å². The lowest BCUT2D eigenvalue weighted by Gasteiger charge is -2.06. The largest absolute Gasteiger partial charge is 0.490 e. The molecular formula is C11H11ClO3. The second kappa shape index (κ2) is 6.09. The first-order valence-corrected chi connectivity index (χ1v) is 4.77. The van der Waals surface area contributed by atoms with E-state index in [-0.39, 0.29) is 6.61 Å². The number of halogens is 1. The minimum atomic E-state index is -0.454. The van der Waals surface area contributed by atoms with Crippen LogP contribution in [0.15, 0.2) is 36.9 Å². The number of hydrogen-bond donors (Lipinski definition) is 0. The fourth-order valence-electron chi connectivity index (χ4n) is 0.917. The monoisotopic (exact) mass is 226 g/mol. The van der Waals surface area contributed by atoms with E-state index in [4.69, 9.17) is 21.1 Å². The number of ether oxygens (including phenoxy) is 2. The molecule has 0 N–H and O–H groups in total. The van der Waals surface area contributed by atoms with Gasteiger partial charge in [0.15, 0.2) is 0 Å². The highest BCUT2D eigenvalue weighted by atomic mass is 35.5. The number of esters is 1. The average molecular weight is 227 g/mol. The fraction of sp³-hybridized carbons (Fsp3) is 0.182. The van der Waals surface area contributed by atoms with Gasteiger partial charge in [-0.1, -0.05) is 24.2 Å². The van der Waals surface area contributed by atoms with Gasteiger partial charge in [0, 0.05) is 11.1 Å². The summed E-state index contributed by atoms with van der Waals surface area (Å²) in [5.74, 6) is 0.196. The maximum absolute atomic E-state index is 10.7. The number of hydrogen-bond acceptors (Lipinski definition) is 3. The normalized spacial score (nSPS) is 9.40. The second-order valence-electron chi connectivity index (χ2n) is 2.68. The molecule has 0 fully saturated rings. The molecule has 0 spiro atoms. The molecule has 0 aromatic heterocycles. The molecule has 80 valence electrons. The Labute approximate surface area is 93.3 Å². The average Bonchev–Trinajstić information content (AvgIpc) is 2.24. The maximum Gasteiger partial charge on any atom is 0.330 e. The maximum atomic E-state index is 10.7. The lowest BCUT2D eigenvalue weighted by atomic mass is 10.3. The summed E-state index contributed by atoms with van der Waals surface area (Å²) in [6.45, 7) is 3.76. The summed E-state index contributed by atoms with van der Waals surface area (Å²) in [5.41, 5.74) is 0. The number of carbonyl (C=O) groups excluding carboxylic acids is 1. The van der Waals surface area contributed by atoms with E-state index in [0.29, 0.717) is 17.4 Å². The van der Waals surface area contributed by atoms with Crippen LogP contribution in [0.3, 0.4) is 0 Å². The number of carbonyl (C=O) groups is 1. The topological polar surface area (TPSA) is 35.5 Å². The van der Waals surface area contributed by atoms with Crippen LogP contribution in [0.1, 0.15) is 0 Å². The van der Waals surface area contributed by atoms with Crippen LogP contribution in [-0.2, 0) is 9.53 Å². The van der Waals surface area contributed by atoms with Gasteiger partial charge in [-0.25, -0.2) is 4.79 Å². The predicted molar refractivity (Wildman–Crippen MR) is 58.1 cm³/mol. The molecule has 0 heterocycles. The molecule has 0 saturated heterocycles. The molecule has 1 aromatic rings. The Hall–Kier alpha value is -1.48. The van der Waals surface area contributed by atoms with Crippen LogP contribution in [0.5, 0.6) is 5.75 Å². The van der Waals surface area contributed by atoms with Crippen LogP contribution in [-0.4, -0.2) is 19.2 Å². The highest BCUT2D eigenvalue weighted by Gasteiger charge is 1.97. The van der Waals surface area contributed by atoms with Gasteiger partial charge in [-0.15, -0.1) is 0 Å². The summed E-state index contributed by atoms with van der Waals surface area (Å²) in [5, 5.41) is 0.607. The molecule has 0 unspecified atom stereocenters. The van der Waals surface area contributed by atoms with Gasteiger partial charge >= 0.3 is 5.97 Å². The van der Waals surface area contributed by atoms with Crippen molar-refractivity contribution in [1.29, 1.82) is 0 Å². The molecule has 0 aliphatic rings. The zero-order valence-electron chi connectivity index (χ0n) is 8.11. The summed E-state index contributed by atoms with van der Waals surface area (Å²) in [4.78, 5) is 10.7. The molecule has 0 aliphatic carbocycles. The summed E-state index contributed by atoms with van der Waals surface area (Å²) >= 11 is 5.75. The Kier molecular flexibility index (Phi) is 4.71. The Morgan fingerprint density at radius 1 is 1.47 bits per heavy atom. The first-order chi connectivity index (χ1) is 7.22. The number of rotatable bonds is 5. The van der Waals surface area contributed by atoms with Crippen molar-refractivity contribution in [3.63, 3.8) is 0 Å². The molecule has 0 amide bonds. The highest BCUT2D eigenvalue weighted by Crippen LogP contribution is 2.16. The minimum absolute atomic E-state index is 0.192. The van der Waals surface area contributed by atoms with Crippen molar-refractivity contribution in [3.05, 3.63) is 41.9 Å². The van der Waals surface area contributed by atoms with Gasteiger partial charge in [-0.05, 0) is 18.2 Å². The molecule has 0 aliphatic heterocycles. The van der Waals surface area contributed by atoms with Crippen LogP contribution < -0.4 is 4.74 Å². The third-order valence-corrected chi connectivity index (χ3v) is 1.79. The Bertz CT molecular complexity index is 349. The highest BCUT2D eigenvalue weighted by molar-refractivity contribution is 6.30. The van der Waals surface area contributed by atoms with Crippen LogP contribution >= 0.6 is 11.6 Å². The Morgan fingerprint density at radius 3 is 2.93 bits per heavy atom. The summed E-state index contributed by atoms with van der Waals surface area (Å²) < 4.78 is 10.0. The fourth-order valence-corrected chi connectivity index (χ4v) is 1.10. The zero-order valence-corrected chi connectivity index (χ0v) is 8.87. The molecule has 3 nitrogen and oxygen atoms in total. The van der Waals surface area contributed by atoms with E-state index in [0.717, 1.165) is 6.08 Å². The van der Waals surface area contributed by atoms with Gasteiger partial charge in [0.25, 0.3) is 0 Å². The van der Waals surface area contributed by atoms with E-state index in [2.05, 4.69) is 6.58 Å². The van der Waals surface area contributed by atoms with Crippen molar-refractivity contribution in [1.82, 2.24) is 0 Å². The van der Waals surface area contributed by atoms with Gasteiger partial charge in [-0.3, -0.25) is 0 Å². The van der Waals surface area contributed by atoms with Crippen LogP contribution in [0.2, 0.25) is 5.02 Å². The lowest BCUT2D eigenvalue weighted by Crippen LogP contribution is -2.10. The van der Waals surface area contributed by atoms with E-state index in [1.165, 1.54) is 0 Å². The third-order valence-electron chi connectivity index (χ3n) is 1.56. The Morgan fingerprint density at radius 2 is 2.27 bits per heavy atom. The summed E-state index contributed by atoms with van der Waals surface area (Å²) in [7, 11) is 0. The van der Waals surface area contributed by atoms with Crippen molar-refractivity contribution < 1.29 is 14.3 Å². The van der Waals surface area contributed by atoms with Crippen LogP contribution in [0.4, 0.5) is 0 Å². The van der Waals surface area contributed by atoms with Gasteiger partial charge < -0.3 is 9.47 Å². The van der Waals surface area contributed by atoms with Crippen molar-refractivity contribution in [2.75, 3.05) is 13.2 Å². The quantitative estimate of drug-likeness (QED) is 0.440. The molecule has 15 heavy (non-hydrogen) atoms. The van der Waals surface area contributed by atoms with Crippen molar-refractivity contribution in [2.24, 2.45) is 0 Å². The molecule has 0 radical (unpaired) electrons. The minimum Gasteiger partial charge on any atom is -0.490 e. The molecule has 1 aromatic carbocycles. The molecule has 0 saturated carbocycles. The van der Waals surface area contributed by atoms with Gasteiger partial charge in [0.1, 0.15) is 19.0 Å². The summed E-state index contributed by atoms with van der Waals surface area (Å²) in [6, 6.07) is 7.01. The first kappa shape index (κ1) is 11.6. The molecule has 4 heteroatoms. The number of benzene rings is 1. The second-order valence-corrected chi connectivity index (χ2v) is 3.11. The van der Waals surface area contributed by atoms with E-state index < -0.39 is 5.97 Å². The smallest absolute Gasteiger partial charge is 0.330 e. The molecular weight excluding hydrogens is 216 g/mol. The van der Waals surface area contributed by atoms with Gasteiger partial charge in [0.2, 0.25) is 0 Å². The zero-order chi connectivity index (χ0) is 11.1.